The number of pyridine rings is 1. The van der Waals surface area contributed by atoms with Crippen molar-refractivity contribution >= 4 is 22.7 Å². The number of anilines is 1. The molecule has 14 heavy (non-hydrogen) atoms. The molecular weight excluding hydrogens is 189 g/mol. The summed E-state index contributed by atoms with van der Waals surface area (Å²) in [5, 5.41) is 0.249. The van der Waals surface area contributed by atoms with E-state index in [0.29, 0.717) is 0 Å². The molecule has 2 heterocycles. The van der Waals surface area contributed by atoms with Crippen molar-refractivity contribution in [1.82, 2.24) is 4.98 Å². The maximum Gasteiger partial charge on any atom is 0.286 e. The van der Waals surface area contributed by atoms with E-state index >= 15 is 0 Å². The van der Waals surface area contributed by atoms with Gasteiger partial charge in [-0.3, -0.25) is 4.79 Å². The van der Waals surface area contributed by atoms with E-state index in [9.17, 15) is 9.18 Å². The lowest BCUT2D eigenvalue weighted by Crippen LogP contribution is -2.11. The lowest BCUT2D eigenvalue weighted by Gasteiger charge is -1.89. The first kappa shape index (κ1) is 8.49. The first-order valence-electron chi connectivity index (χ1n) is 3.73. The van der Waals surface area contributed by atoms with E-state index in [-0.39, 0.29) is 22.5 Å². The second-order valence-electron chi connectivity index (χ2n) is 2.72. The van der Waals surface area contributed by atoms with Gasteiger partial charge in [0.1, 0.15) is 5.82 Å². The Kier molecular flexibility index (Phi) is 1.63. The van der Waals surface area contributed by atoms with Crippen molar-refractivity contribution in [2.75, 3.05) is 5.73 Å². The number of primary amides is 1. The van der Waals surface area contributed by atoms with Gasteiger partial charge < -0.3 is 15.9 Å². The smallest absolute Gasteiger partial charge is 0.286 e. The quantitative estimate of drug-likeness (QED) is 0.698. The van der Waals surface area contributed by atoms with E-state index in [1.54, 1.807) is 0 Å². The summed E-state index contributed by atoms with van der Waals surface area (Å²) in [4.78, 5) is 14.4. The summed E-state index contributed by atoms with van der Waals surface area (Å²) in [6, 6.07) is 1.13. The molecule has 2 aromatic rings. The molecule has 0 bridgehead atoms. The van der Waals surface area contributed by atoms with Crippen molar-refractivity contribution in [1.29, 1.82) is 0 Å². The van der Waals surface area contributed by atoms with Gasteiger partial charge in [-0.2, -0.15) is 0 Å². The predicted octanol–water partition coefficient (Wildman–Crippen LogP) is 0.648. The van der Waals surface area contributed by atoms with Crippen molar-refractivity contribution in [2.24, 2.45) is 5.73 Å². The van der Waals surface area contributed by atoms with Crippen LogP contribution in [-0.2, 0) is 0 Å². The summed E-state index contributed by atoms with van der Waals surface area (Å²) < 4.78 is 17.7. The highest BCUT2D eigenvalue weighted by molar-refractivity contribution is 6.03. The molecule has 72 valence electrons. The van der Waals surface area contributed by atoms with Crippen LogP contribution in [0, 0.1) is 5.82 Å². The maximum atomic E-state index is 12.8. The predicted molar refractivity (Wildman–Crippen MR) is 46.9 cm³/mol. The van der Waals surface area contributed by atoms with E-state index < -0.39 is 11.7 Å². The van der Waals surface area contributed by atoms with Crippen LogP contribution in [0.15, 0.2) is 16.7 Å². The van der Waals surface area contributed by atoms with E-state index in [0.717, 1.165) is 12.3 Å². The Balaban J connectivity index is 2.80. The Morgan fingerprint density at radius 1 is 1.57 bits per heavy atom. The molecule has 1 amide bonds. The van der Waals surface area contributed by atoms with E-state index in [2.05, 4.69) is 4.98 Å². The van der Waals surface area contributed by atoms with Crippen LogP contribution in [-0.4, -0.2) is 10.9 Å². The largest absolute Gasteiger partial charge is 0.430 e. The Morgan fingerprint density at radius 3 is 2.93 bits per heavy atom. The fourth-order valence-corrected chi connectivity index (χ4v) is 1.16. The Labute approximate surface area is 77.5 Å². The molecule has 0 aromatic carbocycles. The van der Waals surface area contributed by atoms with Gasteiger partial charge in [-0.25, -0.2) is 9.37 Å². The van der Waals surface area contributed by atoms with Crippen LogP contribution >= 0.6 is 0 Å². The average molecular weight is 195 g/mol. The Bertz CT molecular complexity index is 521. The minimum absolute atomic E-state index is 0.0134. The summed E-state index contributed by atoms with van der Waals surface area (Å²) in [5.74, 6) is -1.56. The van der Waals surface area contributed by atoms with Crippen molar-refractivity contribution in [3.8, 4) is 0 Å². The average Bonchev–Trinajstić information content (AvgIpc) is 2.44. The van der Waals surface area contributed by atoms with E-state index in [1.165, 1.54) is 0 Å². The molecule has 0 saturated heterocycles. The molecule has 6 heteroatoms. The van der Waals surface area contributed by atoms with Gasteiger partial charge >= 0.3 is 0 Å². The number of nitrogen functional groups attached to an aromatic ring is 1. The summed E-state index contributed by atoms with van der Waals surface area (Å²) in [6.07, 6.45) is 0.968. The summed E-state index contributed by atoms with van der Waals surface area (Å²) in [5.41, 5.74) is 10.6. The first-order chi connectivity index (χ1) is 6.59. The number of carbonyl (C=O) groups excluding carboxylic acids is 1. The van der Waals surface area contributed by atoms with Gasteiger partial charge in [-0.05, 0) is 6.07 Å². The molecule has 0 aliphatic carbocycles. The number of fused-ring (bicyclic) bond motifs is 1. The monoisotopic (exact) mass is 195 g/mol. The Hall–Kier alpha value is -2.11. The van der Waals surface area contributed by atoms with Crippen molar-refractivity contribution < 1.29 is 13.6 Å². The zero-order valence-electron chi connectivity index (χ0n) is 6.95. The molecular formula is C8H6FN3O2. The molecule has 0 fully saturated rings. The van der Waals surface area contributed by atoms with Crippen LogP contribution in [0.5, 0.6) is 0 Å². The Morgan fingerprint density at radius 2 is 2.29 bits per heavy atom. The molecule has 0 spiro atoms. The van der Waals surface area contributed by atoms with E-state index in [4.69, 9.17) is 15.9 Å². The van der Waals surface area contributed by atoms with Crippen molar-refractivity contribution in [3.63, 3.8) is 0 Å². The zero-order chi connectivity index (χ0) is 10.3. The minimum Gasteiger partial charge on any atom is -0.430 e. The molecule has 0 saturated carbocycles. The van der Waals surface area contributed by atoms with Crippen molar-refractivity contribution in [2.45, 2.75) is 0 Å². The highest BCUT2D eigenvalue weighted by Gasteiger charge is 2.16. The van der Waals surface area contributed by atoms with Gasteiger partial charge in [0.15, 0.2) is 0 Å². The number of carbonyl (C=O) groups is 1. The molecule has 0 unspecified atom stereocenters. The lowest BCUT2D eigenvalue weighted by atomic mass is 10.2. The maximum absolute atomic E-state index is 12.8. The lowest BCUT2D eigenvalue weighted by molar-refractivity contribution is 0.0977. The number of rotatable bonds is 1. The van der Waals surface area contributed by atoms with Crippen LogP contribution in [0.1, 0.15) is 10.6 Å². The second kappa shape index (κ2) is 2.69. The number of aromatic nitrogens is 1. The number of hydrogen-bond acceptors (Lipinski definition) is 4. The topological polar surface area (TPSA) is 95.1 Å². The van der Waals surface area contributed by atoms with Gasteiger partial charge in [0, 0.05) is 0 Å². The van der Waals surface area contributed by atoms with Gasteiger partial charge in [0.2, 0.25) is 11.5 Å². The molecule has 2 aromatic heterocycles. The minimum atomic E-state index is -0.805. The third-order valence-corrected chi connectivity index (χ3v) is 1.78. The summed E-state index contributed by atoms with van der Waals surface area (Å²) in [7, 11) is 0. The van der Waals surface area contributed by atoms with E-state index in [1.807, 2.05) is 0 Å². The second-order valence-corrected chi connectivity index (χ2v) is 2.72. The summed E-state index contributed by atoms with van der Waals surface area (Å²) >= 11 is 0. The highest BCUT2D eigenvalue weighted by atomic mass is 19.1. The SMILES string of the molecule is NC(=O)c1oc2ncc(F)cc2c1N. The molecule has 5 nitrogen and oxygen atoms in total. The third kappa shape index (κ3) is 1.08. The van der Waals surface area contributed by atoms with Gasteiger partial charge in [0.25, 0.3) is 5.91 Å². The number of hydrogen-bond donors (Lipinski definition) is 2. The number of nitrogens with zero attached hydrogens (tertiary/aromatic N) is 1. The number of nitrogens with two attached hydrogens (primary N) is 2. The number of halogens is 1. The summed E-state index contributed by atoms with van der Waals surface area (Å²) in [6.45, 7) is 0. The normalized spacial score (nSPS) is 10.6. The third-order valence-electron chi connectivity index (χ3n) is 1.78. The zero-order valence-corrected chi connectivity index (χ0v) is 6.95. The van der Waals surface area contributed by atoms with Crippen LogP contribution < -0.4 is 11.5 Å². The standard InChI is InChI=1S/C8H6FN3O2/c9-3-1-4-5(10)6(7(11)13)14-8(4)12-2-3/h1-2H,10H2,(H2,11,13). The van der Waals surface area contributed by atoms with Gasteiger partial charge in [0.05, 0.1) is 17.3 Å². The molecule has 0 aliphatic rings. The van der Waals surface area contributed by atoms with Crippen LogP contribution in [0.3, 0.4) is 0 Å². The number of amides is 1. The molecule has 4 N–H and O–H groups in total. The van der Waals surface area contributed by atoms with Gasteiger partial charge in [-0.15, -0.1) is 0 Å². The van der Waals surface area contributed by atoms with Gasteiger partial charge in [-0.1, -0.05) is 0 Å². The van der Waals surface area contributed by atoms with Crippen molar-refractivity contribution in [3.05, 3.63) is 23.8 Å². The van der Waals surface area contributed by atoms with Crippen LogP contribution in [0.25, 0.3) is 11.1 Å². The fourth-order valence-electron chi connectivity index (χ4n) is 1.16. The molecule has 0 atom stereocenters. The molecule has 0 aliphatic heterocycles. The fraction of sp³-hybridized carbons (Fsp3) is 0. The first-order valence-corrected chi connectivity index (χ1v) is 3.73. The number of furan rings is 1. The van der Waals surface area contributed by atoms with Crippen LogP contribution in [0.4, 0.5) is 10.1 Å². The molecule has 0 radical (unpaired) electrons. The highest BCUT2D eigenvalue weighted by Crippen LogP contribution is 2.26. The van der Waals surface area contributed by atoms with Crippen LogP contribution in [0.2, 0.25) is 0 Å². The molecule has 2 rings (SSSR count).